The van der Waals surface area contributed by atoms with Crippen LogP contribution in [-0.2, 0) is 4.74 Å². The maximum Gasteiger partial charge on any atom is 0.0746 e. The van der Waals surface area contributed by atoms with Crippen molar-refractivity contribution in [2.24, 2.45) is 0 Å². The lowest BCUT2D eigenvalue weighted by Crippen LogP contribution is -2.39. The van der Waals surface area contributed by atoms with E-state index in [0.717, 1.165) is 19.6 Å². The Balaban J connectivity index is 2.13. The normalized spacial score (nSPS) is 21.0. The second-order valence-corrected chi connectivity index (χ2v) is 6.29. The van der Waals surface area contributed by atoms with E-state index in [9.17, 15) is 0 Å². The SMILES string of the molecule is CCNC(C)c1ccc(N2CCCC(OC)C2)c(Br)c1. The molecule has 0 aromatic heterocycles. The van der Waals surface area contributed by atoms with Gasteiger partial charge in [-0.15, -0.1) is 0 Å². The van der Waals surface area contributed by atoms with Gasteiger partial charge in [-0.05, 0) is 59.9 Å². The Labute approximate surface area is 130 Å². The van der Waals surface area contributed by atoms with Gasteiger partial charge in [0, 0.05) is 30.7 Å². The summed E-state index contributed by atoms with van der Waals surface area (Å²) < 4.78 is 6.69. The molecule has 1 aromatic rings. The lowest BCUT2D eigenvalue weighted by molar-refractivity contribution is 0.0893. The molecule has 112 valence electrons. The molecule has 0 amide bonds. The predicted octanol–water partition coefficient (Wildman–Crippen LogP) is 3.73. The predicted molar refractivity (Wildman–Crippen MR) is 88.5 cm³/mol. The number of rotatable bonds is 5. The van der Waals surface area contributed by atoms with Gasteiger partial charge in [-0.1, -0.05) is 13.0 Å². The van der Waals surface area contributed by atoms with Crippen LogP contribution in [0.15, 0.2) is 22.7 Å². The number of hydrogen-bond acceptors (Lipinski definition) is 3. The zero-order valence-corrected chi connectivity index (χ0v) is 14.2. The first-order valence-corrected chi connectivity index (χ1v) is 8.25. The van der Waals surface area contributed by atoms with Gasteiger partial charge in [-0.25, -0.2) is 0 Å². The van der Waals surface area contributed by atoms with Gasteiger partial charge in [0.15, 0.2) is 0 Å². The number of nitrogens with one attached hydrogen (secondary N) is 1. The first-order chi connectivity index (χ1) is 9.65. The Hall–Kier alpha value is -0.580. The van der Waals surface area contributed by atoms with Gasteiger partial charge < -0.3 is 15.0 Å². The number of anilines is 1. The fourth-order valence-corrected chi connectivity index (χ4v) is 3.47. The first kappa shape index (κ1) is 15.8. The lowest BCUT2D eigenvalue weighted by Gasteiger charge is -2.34. The minimum Gasteiger partial charge on any atom is -0.380 e. The van der Waals surface area contributed by atoms with Gasteiger partial charge in [0.1, 0.15) is 0 Å². The highest BCUT2D eigenvalue weighted by molar-refractivity contribution is 9.10. The molecule has 0 radical (unpaired) electrons. The highest BCUT2D eigenvalue weighted by Gasteiger charge is 2.21. The molecule has 4 heteroatoms. The maximum absolute atomic E-state index is 5.51. The number of nitrogens with zero attached hydrogens (tertiary/aromatic N) is 1. The molecule has 2 atom stereocenters. The summed E-state index contributed by atoms with van der Waals surface area (Å²) in [6.07, 6.45) is 2.72. The monoisotopic (exact) mass is 340 g/mol. The van der Waals surface area contributed by atoms with Crippen molar-refractivity contribution in [3.63, 3.8) is 0 Å². The van der Waals surface area contributed by atoms with Gasteiger partial charge in [-0.2, -0.15) is 0 Å². The molecular weight excluding hydrogens is 316 g/mol. The molecule has 0 bridgehead atoms. The molecule has 1 N–H and O–H groups in total. The molecule has 2 unspecified atom stereocenters. The van der Waals surface area contributed by atoms with Crippen LogP contribution in [0.2, 0.25) is 0 Å². The molecule has 1 saturated heterocycles. The lowest BCUT2D eigenvalue weighted by atomic mass is 10.0. The van der Waals surface area contributed by atoms with E-state index in [0.29, 0.717) is 12.1 Å². The Morgan fingerprint density at radius 1 is 1.50 bits per heavy atom. The summed E-state index contributed by atoms with van der Waals surface area (Å²) in [5, 5.41) is 3.45. The molecule has 0 spiro atoms. The van der Waals surface area contributed by atoms with Crippen LogP contribution in [0.3, 0.4) is 0 Å². The number of benzene rings is 1. The van der Waals surface area contributed by atoms with Gasteiger partial charge >= 0.3 is 0 Å². The first-order valence-electron chi connectivity index (χ1n) is 7.46. The van der Waals surface area contributed by atoms with E-state index in [1.54, 1.807) is 0 Å². The minimum atomic E-state index is 0.357. The van der Waals surface area contributed by atoms with E-state index in [2.05, 4.69) is 58.2 Å². The third kappa shape index (κ3) is 3.74. The molecule has 1 aliphatic heterocycles. The fourth-order valence-electron chi connectivity index (χ4n) is 2.82. The van der Waals surface area contributed by atoms with Gasteiger partial charge in [-0.3, -0.25) is 0 Å². The van der Waals surface area contributed by atoms with Crippen molar-refractivity contribution in [1.82, 2.24) is 5.32 Å². The highest BCUT2D eigenvalue weighted by Crippen LogP contribution is 2.31. The molecule has 1 aliphatic rings. The Bertz CT molecular complexity index is 438. The van der Waals surface area contributed by atoms with Crippen molar-refractivity contribution in [2.45, 2.75) is 38.8 Å². The van der Waals surface area contributed by atoms with E-state index in [1.807, 2.05) is 7.11 Å². The summed E-state index contributed by atoms with van der Waals surface area (Å²) in [6.45, 7) is 7.42. The second-order valence-electron chi connectivity index (χ2n) is 5.44. The summed E-state index contributed by atoms with van der Waals surface area (Å²) in [4.78, 5) is 2.42. The number of hydrogen-bond donors (Lipinski definition) is 1. The van der Waals surface area contributed by atoms with E-state index in [-0.39, 0.29) is 0 Å². The molecule has 1 heterocycles. The van der Waals surface area contributed by atoms with Gasteiger partial charge in [0.2, 0.25) is 0 Å². The smallest absolute Gasteiger partial charge is 0.0746 e. The third-order valence-corrected chi connectivity index (χ3v) is 4.67. The van der Waals surface area contributed by atoms with Crippen LogP contribution in [0.25, 0.3) is 0 Å². The van der Waals surface area contributed by atoms with Crippen molar-refractivity contribution >= 4 is 21.6 Å². The highest BCUT2D eigenvalue weighted by atomic mass is 79.9. The van der Waals surface area contributed by atoms with Crippen molar-refractivity contribution in [3.05, 3.63) is 28.2 Å². The average Bonchev–Trinajstić information content (AvgIpc) is 2.47. The van der Waals surface area contributed by atoms with Crippen LogP contribution < -0.4 is 10.2 Å². The van der Waals surface area contributed by atoms with E-state index in [4.69, 9.17) is 4.74 Å². The number of ether oxygens (including phenoxy) is 1. The van der Waals surface area contributed by atoms with E-state index >= 15 is 0 Å². The zero-order valence-electron chi connectivity index (χ0n) is 12.7. The third-order valence-electron chi connectivity index (χ3n) is 4.03. The molecule has 3 nitrogen and oxygen atoms in total. The summed E-state index contributed by atoms with van der Waals surface area (Å²) >= 11 is 3.73. The zero-order chi connectivity index (χ0) is 14.5. The topological polar surface area (TPSA) is 24.5 Å². The standard InChI is InChI=1S/C16H25BrN2O/c1-4-18-12(2)13-7-8-16(15(17)10-13)19-9-5-6-14(11-19)20-3/h7-8,10,12,14,18H,4-6,9,11H2,1-3H3. The molecule has 20 heavy (non-hydrogen) atoms. The minimum absolute atomic E-state index is 0.357. The molecule has 1 fully saturated rings. The largest absolute Gasteiger partial charge is 0.380 e. The van der Waals surface area contributed by atoms with Crippen molar-refractivity contribution < 1.29 is 4.74 Å². The van der Waals surface area contributed by atoms with E-state index in [1.165, 1.54) is 28.6 Å². The maximum atomic E-state index is 5.51. The van der Waals surface area contributed by atoms with Crippen LogP contribution in [0.5, 0.6) is 0 Å². The summed E-state index contributed by atoms with van der Waals surface area (Å²) in [5.41, 5.74) is 2.60. The van der Waals surface area contributed by atoms with Crippen LogP contribution in [0, 0.1) is 0 Å². The summed E-state index contributed by atoms with van der Waals surface area (Å²) in [5.74, 6) is 0. The molecule has 0 saturated carbocycles. The fraction of sp³-hybridized carbons (Fsp3) is 0.625. The number of methoxy groups -OCH3 is 1. The summed E-state index contributed by atoms with van der Waals surface area (Å²) in [6, 6.07) is 7.08. The van der Waals surface area contributed by atoms with Crippen molar-refractivity contribution in [2.75, 3.05) is 31.6 Å². The molecule has 0 aliphatic carbocycles. The van der Waals surface area contributed by atoms with Crippen LogP contribution in [-0.4, -0.2) is 32.8 Å². The Kier molecular flexibility index (Phi) is 5.87. The average molecular weight is 341 g/mol. The Morgan fingerprint density at radius 3 is 2.95 bits per heavy atom. The molecule has 2 rings (SSSR count). The summed E-state index contributed by atoms with van der Waals surface area (Å²) in [7, 11) is 1.81. The van der Waals surface area contributed by atoms with Crippen LogP contribution in [0.1, 0.15) is 38.3 Å². The van der Waals surface area contributed by atoms with Gasteiger partial charge in [0.25, 0.3) is 0 Å². The molecule has 1 aromatic carbocycles. The molecular formula is C16H25BrN2O. The van der Waals surface area contributed by atoms with Crippen molar-refractivity contribution in [3.8, 4) is 0 Å². The van der Waals surface area contributed by atoms with E-state index < -0.39 is 0 Å². The number of piperidine rings is 1. The number of halogens is 1. The van der Waals surface area contributed by atoms with Crippen molar-refractivity contribution in [1.29, 1.82) is 0 Å². The quantitative estimate of drug-likeness (QED) is 0.883. The second kappa shape index (κ2) is 7.43. The van der Waals surface area contributed by atoms with Crippen LogP contribution in [0.4, 0.5) is 5.69 Å². The Morgan fingerprint density at radius 2 is 2.30 bits per heavy atom. The van der Waals surface area contributed by atoms with Crippen LogP contribution >= 0.6 is 15.9 Å². The van der Waals surface area contributed by atoms with Gasteiger partial charge in [0.05, 0.1) is 11.8 Å².